The molecule has 0 atom stereocenters. The molecular formula is C31H36N6O. The molecule has 3 aromatic heterocycles. The Morgan fingerprint density at radius 2 is 1.71 bits per heavy atom. The number of nitrogens with zero attached hydrogens (tertiary/aromatic N) is 6. The highest BCUT2D eigenvalue weighted by molar-refractivity contribution is 5.85. The topological polar surface area (TPSA) is 57.6 Å². The van der Waals surface area contributed by atoms with Gasteiger partial charge in [-0.3, -0.25) is 14.9 Å². The van der Waals surface area contributed by atoms with Gasteiger partial charge in [0.1, 0.15) is 0 Å². The fourth-order valence-electron chi connectivity index (χ4n) is 5.81. The molecule has 2 fully saturated rings. The summed E-state index contributed by atoms with van der Waals surface area (Å²) in [4.78, 5) is 22.2. The monoisotopic (exact) mass is 508 g/mol. The predicted octanol–water partition coefficient (Wildman–Crippen LogP) is 4.72. The van der Waals surface area contributed by atoms with Crippen molar-refractivity contribution in [2.24, 2.45) is 0 Å². The zero-order valence-electron chi connectivity index (χ0n) is 22.4. The number of ether oxygens (including phenoxy) is 1. The van der Waals surface area contributed by atoms with Crippen molar-refractivity contribution in [2.75, 3.05) is 58.3 Å². The van der Waals surface area contributed by atoms with Gasteiger partial charge in [0.25, 0.3) is 0 Å². The largest absolute Gasteiger partial charge is 0.380 e. The number of anilines is 1. The zero-order valence-corrected chi connectivity index (χ0v) is 22.4. The van der Waals surface area contributed by atoms with E-state index in [1.54, 1.807) is 7.11 Å². The summed E-state index contributed by atoms with van der Waals surface area (Å²) in [5, 5.41) is 0. The molecule has 1 aromatic carbocycles. The van der Waals surface area contributed by atoms with Gasteiger partial charge in [0.15, 0.2) is 0 Å². The van der Waals surface area contributed by atoms with E-state index in [-0.39, 0.29) is 0 Å². The van der Waals surface area contributed by atoms with Gasteiger partial charge in [-0.15, -0.1) is 0 Å². The van der Waals surface area contributed by atoms with E-state index >= 15 is 0 Å². The number of hydrogen-bond donors (Lipinski definition) is 0. The minimum Gasteiger partial charge on any atom is -0.380 e. The molecule has 2 saturated heterocycles. The predicted molar refractivity (Wildman–Crippen MR) is 153 cm³/mol. The first-order valence-corrected chi connectivity index (χ1v) is 13.7. The normalized spacial score (nSPS) is 17.8. The molecule has 7 heteroatoms. The molecule has 0 saturated carbocycles. The number of fused-ring (bicyclic) bond motifs is 1. The van der Waals surface area contributed by atoms with E-state index in [9.17, 15) is 0 Å². The summed E-state index contributed by atoms with van der Waals surface area (Å²) >= 11 is 0. The molecule has 5 heterocycles. The van der Waals surface area contributed by atoms with Crippen molar-refractivity contribution < 1.29 is 4.74 Å². The van der Waals surface area contributed by atoms with Crippen LogP contribution >= 0.6 is 0 Å². The van der Waals surface area contributed by atoms with Crippen molar-refractivity contribution in [3.63, 3.8) is 0 Å². The lowest BCUT2D eigenvalue weighted by Crippen LogP contribution is -2.52. The van der Waals surface area contributed by atoms with Crippen molar-refractivity contribution in [3.05, 3.63) is 72.6 Å². The van der Waals surface area contributed by atoms with E-state index in [0.29, 0.717) is 12.6 Å². The van der Waals surface area contributed by atoms with E-state index in [1.165, 1.54) is 39.0 Å². The van der Waals surface area contributed by atoms with Gasteiger partial charge in [-0.25, -0.2) is 4.98 Å². The van der Waals surface area contributed by atoms with Crippen molar-refractivity contribution in [1.29, 1.82) is 0 Å². The van der Waals surface area contributed by atoms with Gasteiger partial charge in [0.05, 0.1) is 40.9 Å². The molecule has 0 amide bonds. The molecule has 38 heavy (non-hydrogen) atoms. The van der Waals surface area contributed by atoms with E-state index in [1.807, 2.05) is 18.5 Å². The van der Waals surface area contributed by atoms with E-state index in [4.69, 9.17) is 19.7 Å². The molecule has 2 aliphatic rings. The third-order valence-electron chi connectivity index (χ3n) is 8.00. The second-order valence-corrected chi connectivity index (χ2v) is 10.5. The third-order valence-corrected chi connectivity index (χ3v) is 8.00. The number of piperidine rings is 1. The van der Waals surface area contributed by atoms with E-state index in [0.717, 1.165) is 57.9 Å². The lowest BCUT2D eigenvalue weighted by molar-refractivity contribution is 0.0982. The molecule has 0 aliphatic carbocycles. The van der Waals surface area contributed by atoms with Crippen LogP contribution in [0, 0.1) is 0 Å². The fraction of sp³-hybridized carbons (Fsp3) is 0.387. The maximum Gasteiger partial charge on any atom is 0.0914 e. The van der Waals surface area contributed by atoms with E-state index < -0.39 is 0 Å². The van der Waals surface area contributed by atoms with Gasteiger partial charge >= 0.3 is 0 Å². The lowest BCUT2D eigenvalue weighted by Gasteiger charge is -2.42. The summed E-state index contributed by atoms with van der Waals surface area (Å²) < 4.78 is 5.34. The summed E-state index contributed by atoms with van der Waals surface area (Å²) in [6.07, 6.45) is 6.26. The number of rotatable bonds is 6. The van der Waals surface area contributed by atoms with Gasteiger partial charge in [0, 0.05) is 69.7 Å². The SMILES string of the molecule is COCc1cccc(-c2ncccc2-c2ccc3ncc(N4CCC(N5CCN(C)CC5)CC4)cc3n2)c1. The number of methoxy groups -OCH3 is 1. The Bertz CT molecular complexity index is 1390. The van der Waals surface area contributed by atoms with Crippen molar-refractivity contribution in [3.8, 4) is 22.5 Å². The Morgan fingerprint density at radius 3 is 2.53 bits per heavy atom. The molecular weight excluding hydrogens is 472 g/mol. The van der Waals surface area contributed by atoms with Gasteiger partial charge in [0.2, 0.25) is 0 Å². The highest BCUT2D eigenvalue weighted by atomic mass is 16.5. The molecule has 0 bridgehead atoms. The summed E-state index contributed by atoms with van der Waals surface area (Å²) in [5.74, 6) is 0. The van der Waals surface area contributed by atoms with Gasteiger partial charge in [-0.2, -0.15) is 0 Å². The molecule has 196 valence electrons. The van der Waals surface area contributed by atoms with Crippen LogP contribution in [0.2, 0.25) is 0 Å². The Balaban J connectivity index is 1.24. The first kappa shape index (κ1) is 24.9. The summed E-state index contributed by atoms with van der Waals surface area (Å²) in [6, 6.07) is 19.5. The number of aromatic nitrogens is 3. The quantitative estimate of drug-likeness (QED) is 0.373. The zero-order chi connectivity index (χ0) is 25.9. The van der Waals surface area contributed by atoms with Crippen molar-refractivity contribution in [1.82, 2.24) is 24.8 Å². The molecule has 4 aromatic rings. The number of pyridine rings is 3. The lowest BCUT2D eigenvalue weighted by atomic mass is 10.0. The maximum atomic E-state index is 5.34. The minimum atomic E-state index is 0.575. The van der Waals surface area contributed by atoms with Crippen LogP contribution in [-0.2, 0) is 11.3 Å². The fourth-order valence-corrected chi connectivity index (χ4v) is 5.81. The van der Waals surface area contributed by atoms with Crippen molar-refractivity contribution >= 4 is 16.7 Å². The average Bonchev–Trinajstić information content (AvgIpc) is 2.97. The van der Waals surface area contributed by atoms with Crippen LogP contribution in [0.25, 0.3) is 33.5 Å². The molecule has 0 unspecified atom stereocenters. The van der Waals surface area contributed by atoms with Gasteiger partial charge in [-0.1, -0.05) is 18.2 Å². The van der Waals surface area contributed by atoms with Gasteiger partial charge < -0.3 is 14.5 Å². The van der Waals surface area contributed by atoms with Crippen LogP contribution in [0.5, 0.6) is 0 Å². The standard InChI is InChI=1S/C31H36N6O/c1-35-15-17-37(18-16-35)25-10-13-36(14-11-25)26-20-30-29(33-21-26)9-8-28(34-30)27-7-4-12-32-31(27)24-6-3-5-23(19-24)22-38-2/h3-9,12,19-21,25H,10-11,13-18,22H2,1-2H3. The molecule has 0 radical (unpaired) electrons. The van der Waals surface area contributed by atoms with E-state index in [2.05, 4.69) is 70.3 Å². The highest BCUT2D eigenvalue weighted by Gasteiger charge is 2.27. The first-order chi connectivity index (χ1) is 18.7. The molecule has 6 rings (SSSR count). The minimum absolute atomic E-state index is 0.575. The Kier molecular flexibility index (Phi) is 7.31. The summed E-state index contributed by atoms with van der Waals surface area (Å²) in [7, 11) is 3.94. The molecule has 2 aliphatic heterocycles. The molecule has 0 N–H and O–H groups in total. The van der Waals surface area contributed by atoms with Crippen molar-refractivity contribution in [2.45, 2.75) is 25.5 Å². The van der Waals surface area contributed by atoms with Crippen LogP contribution in [0.3, 0.4) is 0 Å². The first-order valence-electron chi connectivity index (χ1n) is 13.7. The third kappa shape index (κ3) is 5.27. The highest BCUT2D eigenvalue weighted by Crippen LogP contribution is 2.31. The van der Waals surface area contributed by atoms with Crippen LogP contribution in [0.4, 0.5) is 5.69 Å². The second kappa shape index (κ2) is 11.2. The molecule has 0 spiro atoms. The van der Waals surface area contributed by atoms with Crippen LogP contribution in [0.15, 0.2) is 67.0 Å². The Hall–Kier alpha value is -3.39. The smallest absolute Gasteiger partial charge is 0.0914 e. The Morgan fingerprint density at radius 1 is 0.868 bits per heavy atom. The maximum absolute atomic E-state index is 5.34. The second-order valence-electron chi connectivity index (χ2n) is 10.5. The number of likely N-dealkylation sites (N-methyl/N-ethyl adjacent to an activating group) is 1. The number of piperazine rings is 1. The molecule has 7 nitrogen and oxygen atoms in total. The van der Waals surface area contributed by atoms with Crippen LogP contribution in [0.1, 0.15) is 18.4 Å². The number of benzene rings is 1. The van der Waals surface area contributed by atoms with Crippen LogP contribution in [-0.4, -0.2) is 84.2 Å². The summed E-state index contributed by atoms with van der Waals surface area (Å²) in [6.45, 7) is 7.45. The number of hydrogen-bond acceptors (Lipinski definition) is 7. The summed E-state index contributed by atoms with van der Waals surface area (Å²) in [5.41, 5.74) is 8.03. The Labute approximate surface area is 225 Å². The van der Waals surface area contributed by atoms with Crippen LogP contribution < -0.4 is 4.90 Å². The average molecular weight is 509 g/mol. The van der Waals surface area contributed by atoms with Gasteiger partial charge in [-0.05, 0) is 61.9 Å².